The van der Waals surface area contributed by atoms with Crippen LogP contribution in [0.25, 0.3) is 0 Å². The summed E-state index contributed by atoms with van der Waals surface area (Å²) >= 11 is 0. The van der Waals surface area contributed by atoms with E-state index in [0.717, 1.165) is 25.0 Å². The summed E-state index contributed by atoms with van der Waals surface area (Å²) in [5.41, 5.74) is 4.22. The average Bonchev–Trinajstić information content (AvgIpc) is 2.77. The van der Waals surface area contributed by atoms with Gasteiger partial charge in [-0.1, -0.05) is 31.2 Å². The quantitative estimate of drug-likeness (QED) is 0.823. The zero-order valence-electron chi connectivity index (χ0n) is 10.8. The van der Waals surface area contributed by atoms with Gasteiger partial charge in [0.2, 0.25) is 0 Å². The third kappa shape index (κ3) is 2.60. The lowest BCUT2D eigenvalue weighted by Gasteiger charge is -2.04. The fraction of sp³-hybridized carbons (Fsp3) is 0.333. The Labute approximate surface area is 108 Å². The fourth-order valence-corrected chi connectivity index (χ4v) is 2.05. The smallest absolute Gasteiger partial charge is 0.161 e. The Morgan fingerprint density at radius 1 is 1.17 bits per heavy atom. The zero-order chi connectivity index (χ0) is 13.0. The van der Waals surface area contributed by atoms with Crippen LogP contribution in [-0.2, 0) is 26.3 Å². The first-order chi connectivity index (χ1) is 8.74. The Kier molecular flexibility index (Phi) is 3.78. The van der Waals surface area contributed by atoms with Gasteiger partial charge < -0.3 is 4.57 Å². The van der Waals surface area contributed by atoms with Crippen molar-refractivity contribution in [1.29, 1.82) is 5.26 Å². The summed E-state index contributed by atoms with van der Waals surface area (Å²) in [6, 6.07) is 10.8. The van der Waals surface area contributed by atoms with Gasteiger partial charge in [-0.05, 0) is 30.4 Å². The molecule has 3 nitrogen and oxygen atoms in total. The van der Waals surface area contributed by atoms with E-state index < -0.39 is 0 Å². The normalized spacial score (nSPS) is 10.3. The molecule has 1 aromatic carbocycles. The highest BCUT2D eigenvalue weighted by Crippen LogP contribution is 2.11. The number of aromatic nitrogens is 2. The molecule has 18 heavy (non-hydrogen) atoms. The number of hydrogen-bond acceptors (Lipinski definition) is 2. The van der Waals surface area contributed by atoms with Crippen LogP contribution < -0.4 is 0 Å². The molecule has 0 aliphatic heterocycles. The molecular weight excluding hydrogens is 222 g/mol. The molecule has 0 saturated carbocycles. The van der Waals surface area contributed by atoms with Crippen molar-refractivity contribution in [3.8, 4) is 6.07 Å². The van der Waals surface area contributed by atoms with Gasteiger partial charge in [0.15, 0.2) is 5.69 Å². The van der Waals surface area contributed by atoms with Crippen LogP contribution in [0.1, 0.15) is 29.4 Å². The van der Waals surface area contributed by atoms with Gasteiger partial charge in [0.25, 0.3) is 0 Å². The van der Waals surface area contributed by atoms with E-state index in [9.17, 15) is 0 Å². The van der Waals surface area contributed by atoms with Gasteiger partial charge in [-0.3, -0.25) is 0 Å². The van der Waals surface area contributed by atoms with E-state index in [1.807, 2.05) is 11.6 Å². The molecule has 0 bridgehead atoms. The Hall–Kier alpha value is -2.08. The van der Waals surface area contributed by atoms with Gasteiger partial charge in [0, 0.05) is 7.05 Å². The van der Waals surface area contributed by atoms with Gasteiger partial charge in [0.05, 0.1) is 12.0 Å². The molecule has 1 aromatic heterocycles. The summed E-state index contributed by atoms with van der Waals surface area (Å²) in [6.45, 7) is 2.16. The molecule has 2 aromatic rings. The molecule has 0 radical (unpaired) electrons. The van der Waals surface area contributed by atoms with Crippen LogP contribution in [0.4, 0.5) is 0 Å². The summed E-state index contributed by atoms with van der Waals surface area (Å²) < 4.78 is 1.93. The number of benzene rings is 1. The maximum absolute atomic E-state index is 8.97. The largest absolute Gasteiger partial charge is 0.336 e. The van der Waals surface area contributed by atoms with E-state index in [0.29, 0.717) is 5.69 Å². The van der Waals surface area contributed by atoms with Crippen LogP contribution in [0.15, 0.2) is 30.6 Å². The fourth-order valence-electron chi connectivity index (χ4n) is 2.05. The van der Waals surface area contributed by atoms with E-state index in [2.05, 4.69) is 42.2 Å². The lowest BCUT2D eigenvalue weighted by molar-refractivity contribution is 0.796. The Morgan fingerprint density at radius 3 is 2.44 bits per heavy atom. The Balaban J connectivity index is 2.07. The minimum Gasteiger partial charge on any atom is -0.336 e. The Morgan fingerprint density at radius 2 is 1.83 bits per heavy atom. The van der Waals surface area contributed by atoms with Gasteiger partial charge in [0.1, 0.15) is 6.07 Å². The highest BCUT2D eigenvalue weighted by Gasteiger charge is 2.07. The lowest BCUT2D eigenvalue weighted by atomic mass is 10.0. The summed E-state index contributed by atoms with van der Waals surface area (Å²) in [7, 11) is 1.93. The van der Waals surface area contributed by atoms with E-state index in [-0.39, 0.29) is 0 Å². The molecule has 0 N–H and O–H groups in total. The predicted molar refractivity (Wildman–Crippen MR) is 71.2 cm³/mol. The topological polar surface area (TPSA) is 41.6 Å². The SMILES string of the molecule is CCc1ccc(CCc2c(C#N)ncn2C)cc1. The lowest BCUT2D eigenvalue weighted by Crippen LogP contribution is -2.00. The van der Waals surface area contributed by atoms with E-state index >= 15 is 0 Å². The van der Waals surface area contributed by atoms with Crippen LogP contribution in [0.3, 0.4) is 0 Å². The highest BCUT2D eigenvalue weighted by molar-refractivity contribution is 5.28. The molecule has 0 aliphatic rings. The van der Waals surface area contributed by atoms with Crippen molar-refractivity contribution in [2.75, 3.05) is 0 Å². The summed E-state index contributed by atoms with van der Waals surface area (Å²) in [5, 5.41) is 8.97. The van der Waals surface area contributed by atoms with E-state index in [1.54, 1.807) is 6.33 Å². The predicted octanol–water partition coefficient (Wildman–Crippen LogP) is 2.64. The second-order valence-corrected chi connectivity index (χ2v) is 4.43. The van der Waals surface area contributed by atoms with Crippen molar-refractivity contribution in [2.24, 2.45) is 7.05 Å². The molecular formula is C15H17N3. The zero-order valence-corrected chi connectivity index (χ0v) is 10.8. The van der Waals surface area contributed by atoms with Gasteiger partial charge in [-0.25, -0.2) is 4.98 Å². The summed E-state index contributed by atoms with van der Waals surface area (Å²) in [5.74, 6) is 0. The van der Waals surface area contributed by atoms with Crippen LogP contribution in [0.2, 0.25) is 0 Å². The highest BCUT2D eigenvalue weighted by atomic mass is 15.0. The molecule has 0 unspecified atom stereocenters. The second-order valence-electron chi connectivity index (χ2n) is 4.43. The standard InChI is InChI=1S/C15H17N3/c1-3-12-4-6-13(7-5-12)8-9-15-14(10-16)17-11-18(15)2/h4-7,11H,3,8-9H2,1-2H3. The minimum atomic E-state index is 0.544. The maximum atomic E-state index is 8.97. The first-order valence-corrected chi connectivity index (χ1v) is 6.22. The van der Waals surface area contributed by atoms with Crippen molar-refractivity contribution in [2.45, 2.75) is 26.2 Å². The van der Waals surface area contributed by atoms with Crippen molar-refractivity contribution < 1.29 is 0 Å². The molecule has 0 atom stereocenters. The van der Waals surface area contributed by atoms with E-state index in [1.165, 1.54) is 11.1 Å². The van der Waals surface area contributed by atoms with Crippen molar-refractivity contribution in [3.05, 3.63) is 53.1 Å². The average molecular weight is 239 g/mol. The molecule has 2 rings (SSSR count). The molecule has 0 fully saturated rings. The number of rotatable bonds is 4. The second kappa shape index (κ2) is 5.50. The first-order valence-electron chi connectivity index (χ1n) is 6.22. The number of hydrogen-bond donors (Lipinski definition) is 0. The number of nitriles is 1. The first kappa shape index (κ1) is 12.4. The van der Waals surface area contributed by atoms with E-state index in [4.69, 9.17) is 5.26 Å². The van der Waals surface area contributed by atoms with Crippen LogP contribution >= 0.6 is 0 Å². The molecule has 92 valence electrons. The van der Waals surface area contributed by atoms with Gasteiger partial charge in [-0.2, -0.15) is 5.26 Å². The minimum absolute atomic E-state index is 0.544. The van der Waals surface area contributed by atoms with Gasteiger partial charge >= 0.3 is 0 Å². The van der Waals surface area contributed by atoms with Crippen molar-refractivity contribution in [3.63, 3.8) is 0 Å². The molecule has 0 aliphatic carbocycles. The number of imidazole rings is 1. The number of aryl methyl sites for hydroxylation is 3. The van der Waals surface area contributed by atoms with Crippen molar-refractivity contribution >= 4 is 0 Å². The summed E-state index contributed by atoms with van der Waals surface area (Å²) in [6.07, 6.45) is 4.57. The maximum Gasteiger partial charge on any atom is 0.161 e. The van der Waals surface area contributed by atoms with Gasteiger partial charge in [-0.15, -0.1) is 0 Å². The monoisotopic (exact) mass is 239 g/mol. The van der Waals surface area contributed by atoms with Crippen molar-refractivity contribution in [1.82, 2.24) is 9.55 Å². The molecule has 0 amide bonds. The third-order valence-electron chi connectivity index (χ3n) is 3.25. The molecule has 1 heterocycles. The molecule has 0 saturated heterocycles. The molecule has 3 heteroatoms. The van der Waals surface area contributed by atoms with Crippen LogP contribution in [0, 0.1) is 11.3 Å². The third-order valence-corrected chi connectivity index (χ3v) is 3.25. The van der Waals surface area contributed by atoms with Crippen LogP contribution in [0.5, 0.6) is 0 Å². The molecule has 0 spiro atoms. The number of nitrogens with zero attached hydrogens (tertiary/aromatic N) is 3. The summed E-state index contributed by atoms with van der Waals surface area (Å²) in [4.78, 5) is 4.08. The van der Waals surface area contributed by atoms with Crippen LogP contribution in [-0.4, -0.2) is 9.55 Å². The Bertz CT molecular complexity index is 558.